The Morgan fingerprint density at radius 2 is 2.04 bits per heavy atom. The van der Waals surface area contributed by atoms with Crippen molar-refractivity contribution in [3.8, 4) is 0 Å². The Kier molecular flexibility index (Phi) is 8.11. The van der Waals surface area contributed by atoms with Gasteiger partial charge in [-0.25, -0.2) is 4.39 Å². The van der Waals surface area contributed by atoms with E-state index in [-0.39, 0.29) is 18.7 Å². The van der Waals surface area contributed by atoms with Gasteiger partial charge in [0.15, 0.2) is 0 Å². The number of benzene rings is 1. The Hall–Kier alpha value is -1.70. The van der Waals surface area contributed by atoms with Crippen LogP contribution in [-0.4, -0.2) is 63.2 Å². The molecule has 1 atom stereocenters. The van der Waals surface area contributed by atoms with Gasteiger partial charge >= 0.3 is 0 Å². The zero-order valence-corrected chi connectivity index (χ0v) is 14.7. The van der Waals surface area contributed by atoms with E-state index in [1.807, 2.05) is 11.8 Å². The summed E-state index contributed by atoms with van der Waals surface area (Å²) in [4.78, 5) is 14.1. The highest BCUT2D eigenvalue weighted by Gasteiger charge is 2.18. The molecule has 1 aromatic rings. The minimum atomic E-state index is -0.820. The van der Waals surface area contributed by atoms with Crippen LogP contribution in [0, 0.1) is 5.82 Å². The fourth-order valence-electron chi connectivity index (χ4n) is 2.72. The second kappa shape index (κ2) is 10.3. The second-order valence-corrected chi connectivity index (χ2v) is 6.00. The van der Waals surface area contributed by atoms with Crippen molar-refractivity contribution in [1.82, 2.24) is 5.32 Å². The van der Waals surface area contributed by atoms with Gasteiger partial charge in [-0.1, -0.05) is 0 Å². The molecule has 1 saturated heterocycles. The van der Waals surface area contributed by atoms with E-state index in [0.717, 1.165) is 25.9 Å². The number of aliphatic hydroxyl groups is 1. The van der Waals surface area contributed by atoms with Crippen molar-refractivity contribution in [2.45, 2.75) is 25.9 Å². The first-order valence-corrected chi connectivity index (χ1v) is 8.78. The smallest absolute Gasteiger partial charge is 0.251 e. The number of ether oxygens (including phenoxy) is 2. The van der Waals surface area contributed by atoms with E-state index in [1.165, 1.54) is 6.07 Å². The van der Waals surface area contributed by atoms with Gasteiger partial charge in [0.2, 0.25) is 0 Å². The van der Waals surface area contributed by atoms with E-state index in [4.69, 9.17) is 9.47 Å². The molecule has 0 unspecified atom stereocenters. The first kappa shape index (κ1) is 19.6. The molecule has 0 bridgehead atoms. The molecule has 25 heavy (non-hydrogen) atoms. The Morgan fingerprint density at radius 1 is 1.32 bits per heavy atom. The normalized spacial score (nSPS) is 15.4. The number of nitrogens with zero attached hydrogens (tertiary/aromatic N) is 1. The number of hydrogen-bond donors (Lipinski definition) is 2. The van der Waals surface area contributed by atoms with Crippen molar-refractivity contribution >= 4 is 11.6 Å². The lowest BCUT2D eigenvalue weighted by atomic mass is 10.1. The van der Waals surface area contributed by atoms with Gasteiger partial charge in [-0.2, -0.15) is 0 Å². The number of anilines is 1. The number of aliphatic hydroxyl groups excluding tert-OH is 1. The van der Waals surface area contributed by atoms with Crippen LogP contribution < -0.4 is 10.2 Å². The first-order valence-electron chi connectivity index (χ1n) is 8.78. The van der Waals surface area contributed by atoms with Gasteiger partial charge in [0.05, 0.1) is 31.6 Å². The van der Waals surface area contributed by atoms with Gasteiger partial charge in [-0.15, -0.1) is 0 Å². The summed E-state index contributed by atoms with van der Waals surface area (Å²) in [5.74, 6) is -0.811. The summed E-state index contributed by atoms with van der Waals surface area (Å²) in [5.41, 5.74) is 0.779. The molecule has 1 aliphatic rings. The molecule has 0 radical (unpaired) electrons. The maximum atomic E-state index is 14.2. The molecule has 1 amide bonds. The van der Waals surface area contributed by atoms with E-state index in [2.05, 4.69) is 5.32 Å². The fraction of sp³-hybridized carbons (Fsp3) is 0.611. The summed E-state index contributed by atoms with van der Waals surface area (Å²) < 4.78 is 24.6. The van der Waals surface area contributed by atoms with Gasteiger partial charge in [0, 0.05) is 31.8 Å². The maximum absolute atomic E-state index is 14.2. The van der Waals surface area contributed by atoms with Crippen LogP contribution in [0.5, 0.6) is 0 Å². The maximum Gasteiger partial charge on any atom is 0.251 e. The number of amides is 1. The zero-order chi connectivity index (χ0) is 18.1. The van der Waals surface area contributed by atoms with Gasteiger partial charge in [0.1, 0.15) is 5.82 Å². The lowest BCUT2D eigenvalue weighted by Crippen LogP contribution is -2.35. The SMILES string of the molecule is CCOCCOC[C@H](O)CNC(=O)c1ccc(N2CCCC2)c(F)c1. The number of rotatable bonds is 10. The van der Waals surface area contributed by atoms with Gasteiger partial charge < -0.3 is 24.8 Å². The summed E-state index contributed by atoms with van der Waals surface area (Å²) in [6, 6.07) is 4.49. The average molecular weight is 354 g/mol. The molecule has 6 nitrogen and oxygen atoms in total. The molecule has 0 spiro atoms. The van der Waals surface area contributed by atoms with Crippen LogP contribution in [0.1, 0.15) is 30.1 Å². The third-order valence-corrected chi connectivity index (χ3v) is 4.04. The fourth-order valence-corrected chi connectivity index (χ4v) is 2.72. The Bertz CT molecular complexity index is 550. The highest BCUT2D eigenvalue weighted by molar-refractivity contribution is 5.94. The Morgan fingerprint density at radius 3 is 2.72 bits per heavy atom. The third-order valence-electron chi connectivity index (χ3n) is 4.04. The molecule has 1 aromatic carbocycles. The molecule has 0 saturated carbocycles. The Balaban J connectivity index is 1.75. The lowest BCUT2D eigenvalue weighted by Gasteiger charge is -2.18. The van der Waals surface area contributed by atoms with Crippen LogP contribution in [0.3, 0.4) is 0 Å². The molecule has 1 heterocycles. The van der Waals surface area contributed by atoms with Crippen LogP contribution in [0.2, 0.25) is 0 Å². The van der Waals surface area contributed by atoms with Crippen molar-refractivity contribution < 1.29 is 23.8 Å². The largest absolute Gasteiger partial charge is 0.389 e. The van der Waals surface area contributed by atoms with Crippen LogP contribution in [-0.2, 0) is 9.47 Å². The molecule has 7 heteroatoms. The van der Waals surface area contributed by atoms with Crippen molar-refractivity contribution in [2.24, 2.45) is 0 Å². The summed E-state index contributed by atoms with van der Waals surface area (Å²) in [6.07, 6.45) is 1.30. The summed E-state index contributed by atoms with van der Waals surface area (Å²) in [5, 5.41) is 12.4. The van der Waals surface area contributed by atoms with Gasteiger partial charge in [-0.3, -0.25) is 4.79 Å². The highest BCUT2D eigenvalue weighted by atomic mass is 19.1. The predicted octanol–water partition coefficient (Wildman–Crippen LogP) is 1.57. The van der Waals surface area contributed by atoms with E-state index in [9.17, 15) is 14.3 Å². The summed E-state index contributed by atoms with van der Waals surface area (Å²) in [6.45, 7) is 5.22. The topological polar surface area (TPSA) is 71.0 Å². The zero-order valence-electron chi connectivity index (χ0n) is 14.7. The second-order valence-electron chi connectivity index (χ2n) is 6.00. The quantitative estimate of drug-likeness (QED) is 0.624. The number of carbonyl (C=O) groups excluding carboxylic acids is 1. The van der Waals surface area contributed by atoms with Crippen LogP contribution in [0.25, 0.3) is 0 Å². The summed E-state index contributed by atoms with van der Waals surface area (Å²) >= 11 is 0. The molecule has 1 aliphatic heterocycles. The van der Waals surface area contributed by atoms with Crippen LogP contribution in [0.4, 0.5) is 10.1 Å². The minimum Gasteiger partial charge on any atom is -0.389 e. The first-order chi connectivity index (χ1) is 12.1. The number of carbonyl (C=O) groups is 1. The molecule has 0 aromatic heterocycles. The standard InChI is InChI=1S/C18H27FN2O4/c1-2-24-9-10-25-13-15(22)12-20-18(23)14-5-6-17(16(19)11-14)21-7-3-4-8-21/h5-6,11,15,22H,2-4,7-10,12-13H2,1H3,(H,20,23)/t15-/m1/s1. The van der Waals surface area contributed by atoms with Gasteiger partial charge in [-0.05, 0) is 38.0 Å². The minimum absolute atomic E-state index is 0.0446. The number of nitrogens with one attached hydrogen (secondary N) is 1. The van der Waals surface area contributed by atoms with E-state index >= 15 is 0 Å². The highest BCUT2D eigenvalue weighted by Crippen LogP contribution is 2.24. The van der Waals surface area contributed by atoms with Crippen molar-refractivity contribution in [2.75, 3.05) is 51.0 Å². The molecular weight excluding hydrogens is 327 g/mol. The monoisotopic (exact) mass is 354 g/mol. The van der Waals surface area contributed by atoms with E-state index in [0.29, 0.717) is 25.5 Å². The molecule has 1 fully saturated rings. The third kappa shape index (κ3) is 6.26. The number of hydrogen-bond acceptors (Lipinski definition) is 5. The molecule has 0 aliphatic carbocycles. The van der Waals surface area contributed by atoms with Crippen molar-refractivity contribution in [1.29, 1.82) is 0 Å². The Labute approximate surface area is 147 Å². The van der Waals surface area contributed by atoms with Gasteiger partial charge in [0.25, 0.3) is 5.91 Å². The van der Waals surface area contributed by atoms with Crippen LogP contribution in [0.15, 0.2) is 18.2 Å². The lowest BCUT2D eigenvalue weighted by molar-refractivity contribution is 0.00663. The number of halogens is 1. The summed E-state index contributed by atoms with van der Waals surface area (Å²) in [7, 11) is 0. The molecule has 2 N–H and O–H groups in total. The molecular formula is C18H27FN2O4. The average Bonchev–Trinajstić information content (AvgIpc) is 3.13. The van der Waals surface area contributed by atoms with Crippen LogP contribution >= 0.6 is 0 Å². The van der Waals surface area contributed by atoms with E-state index in [1.54, 1.807) is 12.1 Å². The predicted molar refractivity (Wildman–Crippen MR) is 93.5 cm³/mol. The molecule has 2 rings (SSSR count). The molecule has 140 valence electrons. The van der Waals surface area contributed by atoms with E-state index < -0.39 is 17.8 Å². The van der Waals surface area contributed by atoms with Crippen molar-refractivity contribution in [3.63, 3.8) is 0 Å². The van der Waals surface area contributed by atoms with Crippen molar-refractivity contribution in [3.05, 3.63) is 29.6 Å².